The van der Waals surface area contributed by atoms with Gasteiger partial charge in [0.25, 0.3) is 0 Å². The number of nitrogens with one attached hydrogen (secondary N) is 2. The predicted octanol–water partition coefficient (Wildman–Crippen LogP) is 2.80. The molecule has 3 rings (SSSR count). The number of aromatic nitrogens is 2. The van der Waals surface area contributed by atoms with Gasteiger partial charge < -0.3 is 15.0 Å². The highest BCUT2D eigenvalue weighted by molar-refractivity contribution is 5.38. The van der Waals surface area contributed by atoms with Gasteiger partial charge in [0, 0.05) is 30.4 Å². The van der Waals surface area contributed by atoms with Crippen LogP contribution >= 0.6 is 0 Å². The predicted molar refractivity (Wildman–Crippen MR) is 73.9 cm³/mol. The lowest BCUT2D eigenvalue weighted by Gasteiger charge is -2.38. The first-order chi connectivity index (χ1) is 9.14. The molecule has 1 aliphatic rings. The molecule has 100 valence electrons. The summed E-state index contributed by atoms with van der Waals surface area (Å²) in [6.07, 6.45) is 4.57. The Labute approximate surface area is 113 Å². The Morgan fingerprint density at radius 1 is 1.42 bits per heavy atom. The fourth-order valence-corrected chi connectivity index (χ4v) is 2.60. The van der Waals surface area contributed by atoms with E-state index in [9.17, 15) is 0 Å². The van der Waals surface area contributed by atoms with Crippen molar-refractivity contribution >= 4 is 0 Å². The Kier molecular flexibility index (Phi) is 3.03. The molecule has 1 unspecified atom stereocenters. The quantitative estimate of drug-likeness (QED) is 0.889. The Bertz CT molecular complexity index is 548. The zero-order chi connectivity index (χ0) is 13.3. The molecule has 1 atom stereocenters. The summed E-state index contributed by atoms with van der Waals surface area (Å²) in [6.45, 7) is 5.00. The summed E-state index contributed by atoms with van der Waals surface area (Å²) >= 11 is 0. The maximum Gasteiger partial charge on any atom is 0.124 e. The first kappa shape index (κ1) is 12.2. The third kappa shape index (κ3) is 2.63. The first-order valence-corrected chi connectivity index (χ1v) is 6.64. The van der Waals surface area contributed by atoms with E-state index in [1.54, 1.807) is 6.20 Å². The second-order valence-electron chi connectivity index (χ2n) is 5.57. The molecule has 19 heavy (non-hydrogen) atoms. The highest BCUT2D eigenvalue weighted by Crippen LogP contribution is 2.39. The molecule has 2 N–H and O–H groups in total. The van der Waals surface area contributed by atoms with Gasteiger partial charge in [0.1, 0.15) is 17.2 Å². The van der Waals surface area contributed by atoms with Crippen molar-refractivity contribution in [2.75, 3.05) is 0 Å². The van der Waals surface area contributed by atoms with Crippen LogP contribution in [-0.2, 0) is 6.54 Å². The number of aromatic amines is 1. The number of para-hydroxylation sites is 1. The fourth-order valence-electron chi connectivity index (χ4n) is 2.60. The average Bonchev–Trinajstić information content (AvgIpc) is 2.87. The molecular formula is C15H19N3O. The average molecular weight is 257 g/mol. The number of H-pyrrole nitrogens is 1. The van der Waals surface area contributed by atoms with Crippen LogP contribution in [0.15, 0.2) is 36.7 Å². The van der Waals surface area contributed by atoms with Gasteiger partial charge in [0.15, 0.2) is 0 Å². The number of hydrogen-bond donors (Lipinski definition) is 2. The van der Waals surface area contributed by atoms with Crippen LogP contribution in [0, 0.1) is 0 Å². The summed E-state index contributed by atoms with van der Waals surface area (Å²) in [6, 6.07) is 8.54. The number of imidazole rings is 1. The molecule has 2 heterocycles. The summed E-state index contributed by atoms with van der Waals surface area (Å²) < 4.78 is 6.02. The molecule has 0 spiro atoms. The molecule has 0 amide bonds. The molecule has 1 aliphatic heterocycles. The van der Waals surface area contributed by atoms with Crippen LogP contribution in [0.3, 0.4) is 0 Å². The van der Waals surface area contributed by atoms with Crippen LogP contribution in [0.1, 0.15) is 37.7 Å². The molecule has 0 bridgehead atoms. The molecule has 4 heteroatoms. The summed E-state index contributed by atoms with van der Waals surface area (Å²) in [5, 5.41) is 3.56. The monoisotopic (exact) mass is 257 g/mol. The summed E-state index contributed by atoms with van der Waals surface area (Å²) in [5.74, 6) is 1.94. The van der Waals surface area contributed by atoms with E-state index in [1.165, 1.54) is 5.56 Å². The van der Waals surface area contributed by atoms with Gasteiger partial charge in [0.05, 0.1) is 6.54 Å². The fraction of sp³-hybridized carbons (Fsp3) is 0.400. The van der Waals surface area contributed by atoms with Gasteiger partial charge in [0.2, 0.25) is 0 Å². The van der Waals surface area contributed by atoms with E-state index in [2.05, 4.69) is 41.3 Å². The van der Waals surface area contributed by atoms with E-state index in [1.807, 2.05) is 18.3 Å². The van der Waals surface area contributed by atoms with Crippen molar-refractivity contribution < 1.29 is 4.74 Å². The van der Waals surface area contributed by atoms with Gasteiger partial charge in [-0.05, 0) is 19.9 Å². The van der Waals surface area contributed by atoms with Gasteiger partial charge in [-0.15, -0.1) is 0 Å². The molecule has 0 radical (unpaired) electrons. The molecule has 0 saturated heterocycles. The molecule has 0 saturated carbocycles. The number of ether oxygens (including phenoxy) is 1. The molecular weight excluding hydrogens is 238 g/mol. The lowest BCUT2D eigenvalue weighted by molar-refractivity contribution is 0.0656. The molecule has 1 aromatic heterocycles. The Morgan fingerprint density at radius 2 is 2.26 bits per heavy atom. The van der Waals surface area contributed by atoms with Crippen LogP contribution in [0.25, 0.3) is 0 Å². The maximum absolute atomic E-state index is 6.02. The van der Waals surface area contributed by atoms with Gasteiger partial charge in [-0.1, -0.05) is 18.2 Å². The van der Waals surface area contributed by atoms with Crippen LogP contribution in [0.2, 0.25) is 0 Å². The third-order valence-electron chi connectivity index (χ3n) is 3.45. The van der Waals surface area contributed by atoms with E-state index in [4.69, 9.17) is 4.74 Å². The van der Waals surface area contributed by atoms with Gasteiger partial charge >= 0.3 is 0 Å². The minimum atomic E-state index is -0.144. The summed E-state index contributed by atoms with van der Waals surface area (Å²) in [5.41, 5.74) is 1.09. The van der Waals surface area contributed by atoms with Crippen LogP contribution < -0.4 is 10.1 Å². The lowest BCUT2D eigenvalue weighted by atomic mass is 9.90. The Hall–Kier alpha value is -1.81. The minimum Gasteiger partial charge on any atom is -0.487 e. The number of fused-ring (bicyclic) bond motifs is 1. The highest BCUT2D eigenvalue weighted by atomic mass is 16.5. The number of hydrogen-bond acceptors (Lipinski definition) is 3. The van der Waals surface area contributed by atoms with Crippen LogP contribution in [0.5, 0.6) is 5.75 Å². The van der Waals surface area contributed by atoms with Crippen molar-refractivity contribution in [3.05, 3.63) is 48.0 Å². The molecule has 4 nitrogen and oxygen atoms in total. The second kappa shape index (κ2) is 4.70. The van der Waals surface area contributed by atoms with E-state index in [0.29, 0.717) is 6.04 Å². The van der Waals surface area contributed by atoms with Crippen molar-refractivity contribution in [2.45, 2.75) is 38.5 Å². The van der Waals surface area contributed by atoms with Crippen molar-refractivity contribution in [3.8, 4) is 5.75 Å². The van der Waals surface area contributed by atoms with E-state index in [0.717, 1.165) is 24.5 Å². The zero-order valence-electron chi connectivity index (χ0n) is 11.3. The standard InChI is InChI=1S/C15H19N3O/c1-15(2)9-12(18-10-14-16-7-8-17-14)11-5-3-4-6-13(11)19-15/h3-8,12,18H,9-10H2,1-2H3,(H,16,17). The summed E-state index contributed by atoms with van der Waals surface area (Å²) in [7, 11) is 0. The largest absolute Gasteiger partial charge is 0.487 e. The van der Waals surface area contributed by atoms with Gasteiger partial charge in [-0.2, -0.15) is 0 Å². The smallest absolute Gasteiger partial charge is 0.124 e. The highest BCUT2D eigenvalue weighted by Gasteiger charge is 2.33. The topological polar surface area (TPSA) is 49.9 Å². The normalized spacial score (nSPS) is 20.6. The Balaban J connectivity index is 1.80. The maximum atomic E-state index is 6.02. The second-order valence-corrected chi connectivity index (χ2v) is 5.57. The van der Waals surface area contributed by atoms with E-state index >= 15 is 0 Å². The molecule has 1 aromatic carbocycles. The lowest BCUT2D eigenvalue weighted by Crippen LogP contribution is -2.39. The van der Waals surface area contributed by atoms with Crippen molar-refractivity contribution in [1.82, 2.24) is 15.3 Å². The van der Waals surface area contributed by atoms with E-state index < -0.39 is 0 Å². The van der Waals surface area contributed by atoms with Gasteiger partial charge in [-0.3, -0.25) is 0 Å². The van der Waals surface area contributed by atoms with Gasteiger partial charge in [-0.25, -0.2) is 4.98 Å². The number of benzene rings is 1. The first-order valence-electron chi connectivity index (χ1n) is 6.64. The molecule has 0 aliphatic carbocycles. The van der Waals surface area contributed by atoms with E-state index in [-0.39, 0.29) is 5.60 Å². The molecule has 2 aromatic rings. The SMILES string of the molecule is CC1(C)CC(NCc2ncc[nH]2)c2ccccc2O1. The summed E-state index contributed by atoms with van der Waals surface area (Å²) in [4.78, 5) is 7.36. The van der Waals surface area contributed by atoms with Crippen LogP contribution in [0.4, 0.5) is 0 Å². The molecule has 0 fully saturated rings. The van der Waals surface area contributed by atoms with Crippen molar-refractivity contribution in [1.29, 1.82) is 0 Å². The van der Waals surface area contributed by atoms with Crippen LogP contribution in [-0.4, -0.2) is 15.6 Å². The van der Waals surface area contributed by atoms with Crippen molar-refractivity contribution in [3.63, 3.8) is 0 Å². The zero-order valence-corrected chi connectivity index (χ0v) is 11.3. The minimum absolute atomic E-state index is 0.144. The third-order valence-corrected chi connectivity index (χ3v) is 3.45. The van der Waals surface area contributed by atoms with Crippen molar-refractivity contribution in [2.24, 2.45) is 0 Å². The number of rotatable bonds is 3. The Morgan fingerprint density at radius 3 is 3.05 bits per heavy atom. The number of nitrogens with zero attached hydrogens (tertiary/aromatic N) is 1.